The van der Waals surface area contributed by atoms with Gasteiger partial charge < -0.3 is 10.4 Å². The van der Waals surface area contributed by atoms with E-state index in [2.05, 4.69) is 32.3 Å². The minimum absolute atomic E-state index is 0.176. The van der Waals surface area contributed by atoms with Crippen molar-refractivity contribution in [2.24, 2.45) is 5.92 Å². The number of nitrogens with one attached hydrogen (secondary N) is 1. The molecule has 110 valence electrons. The van der Waals surface area contributed by atoms with Crippen LogP contribution in [0.15, 0.2) is 34.8 Å². The van der Waals surface area contributed by atoms with E-state index in [0.717, 1.165) is 46.9 Å². The van der Waals surface area contributed by atoms with Gasteiger partial charge in [-0.1, -0.05) is 15.9 Å². The number of benzene rings is 1. The van der Waals surface area contributed by atoms with Gasteiger partial charge in [0.25, 0.3) is 0 Å². The van der Waals surface area contributed by atoms with E-state index in [9.17, 15) is 4.79 Å². The fourth-order valence-electron chi connectivity index (χ4n) is 2.87. The van der Waals surface area contributed by atoms with E-state index in [1.165, 1.54) is 0 Å². The summed E-state index contributed by atoms with van der Waals surface area (Å²) in [7, 11) is 0. The van der Waals surface area contributed by atoms with Crippen molar-refractivity contribution >= 4 is 38.6 Å². The van der Waals surface area contributed by atoms with Crippen LogP contribution >= 0.6 is 15.9 Å². The first-order chi connectivity index (χ1) is 10.1. The smallest absolute Gasteiger partial charge is 0.306 e. The number of hydrogen-bond acceptors (Lipinski definition) is 3. The number of fused-ring (bicyclic) bond motifs is 1. The molecule has 2 aromatic rings. The first-order valence-corrected chi connectivity index (χ1v) is 7.97. The maximum Gasteiger partial charge on any atom is 0.306 e. The fraction of sp³-hybridized carbons (Fsp3) is 0.375. The van der Waals surface area contributed by atoms with E-state index in [-0.39, 0.29) is 5.92 Å². The molecule has 2 N–H and O–H groups in total. The predicted octanol–water partition coefficient (Wildman–Crippen LogP) is 4.05. The molecule has 1 fully saturated rings. The Morgan fingerprint density at radius 2 is 1.95 bits per heavy atom. The van der Waals surface area contributed by atoms with E-state index < -0.39 is 5.97 Å². The summed E-state index contributed by atoms with van der Waals surface area (Å²) < 4.78 is 1.05. The van der Waals surface area contributed by atoms with Crippen LogP contribution < -0.4 is 5.32 Å². The zero-order valence-electron chi connectivity index (χ0n) is 11.6. The van der Waals surface area contributed by atoms with E-state index in [4.69, 9.17) is 5.11 Å². The number of anilines is 1. The molecule has 4 nitrogen and oxygen atoms in total. The lowest BCUT2D eigenvalue weighted by molar-refractivity contribution is -0.142. The highest BCUT2D eigenvalue weighted by Crippen LogP contribution is 2.27. The van der Waals surface area contributed by atoms with Crippen molar-refractivity contribution in [1.82, 2.24) is 4.98 Å². The van der Waals surface area contributed by atoms with Gasteiger partial charge in [0.05, 0.1) is 11.4 Å². The monoisotopic (exact) mass is 348 g/mol. The second-order valence-electron chi connectivity index (χ2n) is 5.56. The molecular formula is C16H17BrN2O2. The average molecular weight is 349 g/mol. The maximum atomic E-state index is 11.0. The molecule has 1 aliphatic carbocycles. The zero-order chi connectivity index (χ0) is 14.8. The molecule has 1 aromatic heterocycles. The maximum absolute atomic E-state index is 11.0. The van der Waals surface area contributed by atoms with Gasteiger partial charge in [0.1, 0.15) is 5.82 Å². The van der Waals surface area contributed by atoms with Crippen LogP contribution in [0, 0.1) is 5.92 Å². The third kappa shape index (κ3) is 3.35. The molecule has 0 spiro atoms. The van der Waals surface area contributed by atoms with Crippen molar-refractivity contribution in [3.05, 3.63) is 34.8 Å². The normalized spacial score (nSPS) is 22.1. The molecule has 1 aromatic carbocycles. The van der Waals surface area contributed by atoms with Crippen LogP contribution in [0.2, 0.25) is 0 Å². The van der Waals surface area contributed by atoms with E-state index in [0.29, 0.717) is 6.04 Å². The molecule has 1 aliphatic rings. The van der Waals surface area contributed by atoms with Crippen molar-refractivity contribution in [1.29, 1.82) is 0 Å². The summed E-state index contributed by atoms with van der Waals surface area (Å²) in [6, 6.07) is 10.4. The summed E-state index contributed by atoms with van der Waals surface area (Å²) in [5, 5.41) is 13.6. The van der Waals surface area contributed by atoms with Crippen LogP contribution in [0.1, 0.15) is 25.7 Å². The van der Waals surface area contributed by atoms with Crippen LogP contribution in [-0.2, 0) is 4.79 Å². The van der Waals surface area contributed by atoms with Gasteiger partial charge >= 0.3 is 5.97 Å². The largest absolute Gasteiger partial charge is 0.481 e. The van der Waals surface area contributed by atoms with Crippen LogP contribution in [-0.4, -0.2) is 22.1 Å². The van der Waals surface area contributed by atoms with Gasteiger partial charge in [0.15, 0.2) is 0 Å². The van der Waals surface area contributed by atoms with Crippen molar-refractivity contribution < 1.29 is 9.90 Å². The lowest BCUT2D eigenvalue weighted by Gasteiger charge is -2.27. The van der Waals surface area contributed by atoms with Gasteiger partial charge in [-0.3, -0.25) is 4.79 Å². The second-order valence-corrected chi connectivity index (χ2v) is 6.48. The molecule has 3 rings (SSSR count). The number of halogens is 1. The molecule has 1 heterocycles. The second kappa shape index (κ2) is 6.02. The molecule has 0 atom stereocenters. The molecule has 0 unspecified atom stereocenters. The molecule has 0 bridgehead atoms. The predicted molar refractivity (Wildman–Crippen MR) is 86.4 cm³/mol. The summed E-state index contributed by atoms with van der Waals surface area (Å²) in [6.45, 7) is 0. The van der Waals surface area contributed by atoms with Gasteiger partial charge in [-0.25, -0.2) is 4.98 Å². The van der Waals surface area contributed by atoms with Crippen molar-refractivity contribution in [2.45, 2.75) is 31.7 Å². The Morgan fingerprint density at radius 3 is 2.67 bits per heavy atom. The third-order valence-corrected chi connectivity index (χ3v) is 4.57. The Balaban J connectivity index is 1.68. The lowest BCUT2D eigenvalue weighted by atomic mass is 9.86. The fourth-order valence-corrected chi connectivity index (χ4v) is 3.25. The Kier molecular flexibility index (Phi) is 4.10. The van der Waals surface area contributed by atoms with Gasteiger partial charge in [-0.15, -0.1) is 0 Å². The first-order valence-electron chi connectivity index (χ1n) is 7.17. The molecule has 0 aliphatic heterocycles. The van der Waals surface area contributed by atoms with Crippen molar-refractivity contribution in [3.63, 3.8) is 0 Å². The van der Waals surface area contributed by atoms with Crippen LogP contribution in [0.5, 0.6) is 0 Å². The van der Waals surface area contributed by atoms with Gasteiger partial charge in [-0.2, -0.15) is 0 Å². The molecular weight excluding hydrogens is 332 g/mol. The quantitative estimate of drug-likeness (QED) is 0.878. The highest BCUT2D eigenvalue weighted by atomic mass is 79.9. The highest BCUT2D eigenvalue weighted by molar-refractivity contribution is 9.10. The molecule has 21 heavy (non-hydrogen) atoms. The first kappa shape index (κ1) is 14.3. The van der Waals surface area contributed by atoms with Gasteiger partial charge in [0, 0.05) is 15.9 Å². The number of pyridine rings is 1. The number of carbonyl (C=O) groups is 1. The van der Waals surface area contributed by atoms with Crippen molar-refractivity contribution in [2.75, 3.05) is 5.32 Å². The zero-order valence-corrected chi connectivity index (χ0v) is 13.1. The SMILES string of the molecule is O=C(O)C1CCC(Nc2ccc3cc(Br)ccc3n2)CC1. The summed E-state index contributed by atoms with van der Waals surface area (Å²) in [4.78, 5) is 15.6. The minimum Gasteiger partial charge on any atom is -0.481 e. The number of carboxylic acids is 1. The highest BCUT2D eigenvalue weighted by Gasteiger charge is 2.25. The number of rotatable bonds is 3. The van der Waals surface area contributed by atoms with Gasteiger partial charge in [0.2, 0.25) is 0 Å². The van der Waals surface area contributed by atoms with Crippen molar-refractivity contribution in [3.8, 4) is 0 Å². The number of nitrogens with zero attached hydrogens (tertiary/aromatic N) is 1. The molecule has 5 heteroatoms. The Hall–Kier alpha value is -1.62. The van der Waals surface area contributed by atoms with E-state index >= 15 is 0 Å². The van der Waals surface area contributed by atoms with Crippen LogP contribution in [0.4, 0.5) is 5.82 Å². The standard InChI is InChI=1S/C16H17BrN2O2/c17-12-4-7-14-11(9-12)3-8-15(19-14)18-13-5-1-10(2-6-13)16(20)21/h3-4,7-10,13H,1-2,5-6H2,(H,18,19)(H,20,21). The Morgan fingerprint density at radius 1 is 1.19 bits per heavy atom. The number of hydrogen-bond donors (Lipinski definition) is 2. The minimum atomic E-state index is -0.664. The summed E-state index contributed by atoms with van der Waals surface area (Å²) in [6.07, 6.45) is 3.26. The van der Waals surface area contributed by atoms with E-state index in [1.807, 2.05) is 24.3 Å². The molecule has 1 saturated carbocycles. The number of aromatic nitrogens is 1. The summed E-state index contributed by atoms with van der Waals surface area (Å²) >= 11 is 3.46. The lowest BCUT2D eigenvalue weighted by Crippen LogP contribution is -2.29. The van der Waals surface area contributed by atoms with Gasteiger partial charge in [-0.05, 0) is 56.0 Å². The topological polar surface area (TPSA) is 62.2 Å². The Bertz CT molecular complexity index is 666. The van der Waals surface area contributed by atoms with Crippen LogP contribution in [0.25, 0.3) is 10.9 Å². The number of carboxylic acid groups (broad SMARTS) is 1. The molecule has 0 saturated heterocycles. The molecule has 0 radical (unpaired) electrons. The third-order valence-electron chi connectivity index (χ3n) is 4.08. The Labute approximate surface area is 131 Å². The van der Waals surface area contributed by atoms with Crippen LogP contribution in [0.3, 0.4) is 0 Å². The summed E-state index contributed by atoms with van der Waals surface area (Å²) in [5.74, 6) is 0.0245. The van der Waals surface area contributed by atoms with E-state index in [1.54, 1.807) is 0 Å². The number of aliphatic carboxylic acids is 1. The average Bonchev–Trinajstić information content (AvgIpc) is 2.48. The summed E-state index contributed by atoms with van der Waals surface area (Å²) in [5.41, 5.74) is 0.961. The molecule has 0 amide bonds.